The number of carbonyl (C=O) groups excluding carboxylic acids is 2. The van der Waals surface area contributed by atoms with Gasteiger partial charge in [0.1, 0.15) is 0 Å². The van der Waals surface area contributed by atoms with Crippen LogP contribution in [0.4, 0.5) is 0 Å². The fourth-order valence-corrected chi connectivity index (χ4v) is 2.22. The lowest BCUT2D eigenvalue weighted by Gasteiger charge is -2.18. The van der Waals surface area contributed by atoms with Gasteiger partial charge in [0.2, 0.25) is 0 Å². The quantitative estimate of drug-likeness (QED) is 0.763. The second-order valence-corrected chi connectivity index (χ2v) is 4.69. The van der Waals surface area contributed by atoms with E-state index >= 15 is 0 Å². The number of fused-ring (bicyclic) bond motifs is 1. The van der Waals surface area contributed by atoms with Gasteiger partial charge < -0.3 is 10.0 Å². The summed E-state index contributed by atoms with van der Waals surface area (Å²) in [5.41, 5.74) is 0.993. The van der Waals surface area contributed by atoms with E-state index in [9.17, 15) is 9.59 Å². The van der Waals surface area contributed by atoms with E-state index < -0.39 is 0 Å². The number of aliphatic hydroxyl groups excluding tert-OH is 1. The van der Waals surface area contributed by atoms with E-state index in [1.165, 1.54) is 4.90 Å². The molecule has 0 spiro atoms. The summed E-state index contributed by atoms with van der Waals surface area (Å²) in [5.74, 6) is -0.407. The van der Waals surface area contributed by atoms with Crippen molar-refractivity contribution < 1.29 is 14.7 Å². The lowest BCUT2D eigenvalue weighted by Crippen LogP contribution is -2.33. The highest BCUT2D eigenvalue weighted by Gasteiger charge is 2.34. The first kappa shape index (κ1) is 13.7. The van der Waals surface area contributed by atoms with Crippen LogP contribution in [0.2, 0.25) is 0 Å². The highest BCUT2D eigenvalue weighted by Crippen LogP contribution is 2.22. The van der Waals surface area contributed by atoms with Crippen LogP contribution in [0.15, 0.2) is 24.3 Å². The third-order valence-electron chi connectivity index (χ3n) is 3.28. The van der Waals surface area contributed by atoms with Gasteiger partial charge in [-0.3, -0.25) is 14.5 Å². The molecule has 0 aliphatic carbocycles. The number of rotatable bonds is 6. The first-order valence-corrected chi connectivity index (χ1v) is 6.39. The third-order valence-corrected chi connectivity index (χ3v) is 3.28. The summed E-state index contributed by atoms with van der Waals surface area (Å²) in [6.45, 7) is 1.88. The maximum Gasteiger partial charge on any atom is 0.261 e. The normalized spacial score (nSPS) is 14.4. The van der Waals surface area contributed by atoms with Gasteiger partial charge in [-0.15, -0.1) is 0 Å². The molecule has 2 amide bonds. The van der Waals surface area contributed by atoms with Gasteiger partial charge in [-0.1, -0.05) is 12.1 Å². The zero-order valence-electron chi connectivity index (χ0n) is 11.0. The van der Waals surface area contributed by atoms with E-state index in [-0.39, 0.29) is 18.4 Å². The summed E-state index contributed by atoms with van der Waals surface area (Å²) >= 11 is 0. The van der Waals surface area contributed by atoms with Crippen molar-refractivity contribution in [3.8, 4) is 0 Å². The predicted molar refractivity (Wildman–Crippen MR) is 71.0 cm³/mol. The number of imide groups is 1. The molecule has 102 valence electrons. The van der Waals surface area contributed by atoms with Crippen molar-refractivity contribution in [1.82, 2.24) is 9.80 Å². The second-order valence-electron chi connectivity index (χ2n) is 4.69. The van der Waals surface area contributed by atoms with E-state index in [2.05, 4.69) is 0 Å². The summed E-state index contributed by atoms with van der Waals surface area (Å²) in [7, 11) is 1.90. The summed E-state index contributed by atoms with van der Waals surface area (Å²) in [6.07, 6.45) is 0.710. The molecule has 0 bridgehead atoms. The molecule has 1 aliphatic rings. The Bertz CT molecular complexity index is 452. The fourth-order valence-electron chi connectivity index (χ4n) is 2.22. The Balaban J connectivity index is 1.93. The van der Waals surface area contributed by atoms with Crippen molar-refractivity contribution >= 4 is 11.8 Å². The van der Waals surface area contributed by atoms with Crippen molar-refractivity contribution in [3.05, 3.63) is 35.4 Å². The maximum atomic E-state index is 12.1. The first-order chi connectivity index (χ1) is 9.15. The molecule has 0 aromatic heterocycles. The fraction of sp³-hybridized carbons (Fsp3) is 0.429. The zero-order valence-corrected chi connectivity index (χ0v) is 11.0. The van der Waals surface area contributed by atoms with Gasteiger partial charge in [0.25, 0.3) is 11.8 Å². The first-order valence-electron chi connectivity index (χ1n) is 6.39. The Morgan fingerprint density at radius 3 is 2.21 bits per heavy atom. The van der Waals surface area contributed by atoms with Crippen LogP contribution >= 0.6 is 0 Å². The van der Waals surface area contributed by atoms with Crippen molar-refractivity contribution in [2.24, 2.45) is 0 Å². The number of carbonyl (C=O) groups is 2. The molecular formula is C14H18N2O3. The average molecular weight is 262 g/mol. The van der Waals surface area contributed by atoms with Crippen molar-refractivity contribution in [2.45, 2.75) is 6.42 Å². The second kappa shape index (κ2) is 5.95. The van der Waals surface area contributed by atoms with E-state index in [1.54, 1.807) is 24.3 Å². The molecule has 1 N–H and O–H groups in total. The van der Waals surface area contributed by atoms with E-state index in [0.29, 0.717) is 30.6 Å². The SMILES string of the molecule is CN(CCO)CCCN1C(=O)c2ccccc2C1=O. The molecule has 5 nitrogen and oxygen atoms in total. The number of aliphatic hydroxyl groups is 1. The molecule has 19 heavy (non-hydrogen) atoms. The highest BCUT2D eigenvalue weighted by atomic mass is 16.3. The zero-order chi connectivity index (χ0) is 13.8. The molecule has 2 rings (SSSR count). The Labute approximate surface area is 112 Å². The van der Waals surface area contributed by atoms with E-state index in [4.69, 9.17) is 5.11 Å². The van der Waals surface area contributed by atoms with E-state index in [0.717, 1.165) is 6.54 Å². The van der Waals surface area contributed by atoms with Crippen LogP contribution in [0.3, 0.4) is 0 Å². The van der Waals surface area contributed by atoms with Crippen LogP contribution in [0.5, 0.6) is 0 Å². The van der Waals surface area contributed by atoms with Gasteiger partial charge in [0.15, 0.2) is 0 Å². The van der Waals surface area contributed by atoms with Crippen molar-refractivity contribution in [1.29, 1.82) is 0 Å². The molecule has 5 heteroatoms. The van der Waals surface area contributed by atoms with E-state index in [1.807, 2.05) is 11.9 Å². The summed E-state index contributed by atoms with van der Waals surface area (Å²) in [6, 6.07) is 6.91. The van der Waals surface area contributed by atoms with Crippen molar-refractivity contribution in [3.63, 3.8) is 0 Å². The number of hydrogen-bond acceptors (Lipinski definition) is 4. The summed E-state index contributed by atoms with van der Waals surface area (Å²) in [5, 5.41) is 8.79. The summed E-state index contributed by atoms with van der Waals surface area (Å²) in [4.78, 5) is 27.4. The number of amides is 2. The smallest absolute Gasteiger partial charge is 0.261 e. The number of hydrogen-bond donors (Lipinski definition) is 1. The number of likely N-dealkylation sites (N-methyl/N-ethyl adjacent to an activating group) is 1. The predicted octanol–water partition coefficient (Wildman–Crippen LogP) is 0.597. The van der Waals surface area contributed by atoms with Crippen LogP contribution in [0.1, 0.15) is 27.1 Å². The molecule has 1 aromatic carbocycles. The minimum absolute atomic E-state index is 0.115. The van der Waals surface area contributed by atoms with Crippen LogP contribution in [-0.4, -0.2) is 60.0 Å². The van der Waals surface area contributed by atoms with Gasteiger partial charge in [-0.2, -0.15) is 0 Å². The average Bonchev–Trinajstić information content (AvgIpc) is 2.65. The molecule has 1 aromatic rings. The van der Waals surface area contributed by atoms with Gasteiger partial charge in [-0.05, 0) is 32.1 Å². The van der Waals surface area contributed by atoms with Crippen LogP contribution in [0.25, 0.3) is 0 Å². The lowest BCUT2D eigenvalue weighted by atomic mass is 10.1. The largest absolute Gasteiger partial charge is 0.395 e. The molecule has 0 radical (unpaired) electrons. The monoisotopic (exact) mass is 262 g/mol. The molecule has 1 heterocycles. The van der Waals surface area contributed by atoms with Crippen molar-refractivity contribution in [2.75, 3.05) is 33.3 Å². The Morgan fingerprint density at radius 2 is 1.68 bits per heavy atom. The molecule has 1 aliphatic heterocycles. The lowest BCUT2D eigenvalue weighted by molar-refractivity contribution is 0.0647. The maximum absolute atomic E-state index is 12.1. The topological polar surface area (TPSA) is 60.9 Å². The number of nitrogens with zero attached hydrogens (tertiary/aromatic N) is 2. The minimum atomic E-state index is -0.203. The molecule has 0 saturated carbocycles. The Morgan fingerprint density at radius 1 is 1.11 bits per heavy atom. The van der Waals surface area contributed by atoms with Crippen LogP contribution in [-0.2, 0) is 0 Å². The molecule has 0 fully saturated rings. The Hall–Kier alpha value is -1.72. The van der Waals surface area contributed by atoms with Crippen LogP contribution in [0, 0.1) is 0 Å². The van der Waals surface area contributed by atoms with Crippen LogP contribution < -0.4 is 0 Å². The highest BCUT2D eigenvalue weighted by molar-refractivity contribution is 6.21. The molecule has 0 atom stereocenters. The van der Waals surface area contributed by atoms with Gasteiger partial charge in [-0.25, -0.2) is 0 Å². The van der Waals surface area contributed by atoms with Gasteiger partial charge in [0, 0.05) is 13.1 Å². The standard InChI is InChI=1S/C14H18N2O3/c1-15(9-10-17)7-4-8-16-13(18)11-5-2-3-6-12(11)14(16)19/h2-3,5-6,17H,4,7-10H2,1H3. The molecule has 0 saturated heterocycles. The number of benzene rings is 1. The third kappa shape index (κ3) is 2.83. The molecular weight excluding hydrogens is 244 g/mol. The molecule has 0 unspecified atom stereocenters. The van der Waals surface area contributed by atoms with Gasteiger partial charge in [0.05, 0.1) is 17.7 Å². The minimum Gasteiger partial charge on any atom is -0.395 e. The summed E-state index contributed by atoms with van der Waals surface area (Å²) < 4.78 is 0. The van der Waals surface area contributed by atoms with Gasteiger partial charge >= 0.3 is 0 Å². The Kier molecular flexibility index (Phi) is 4.29.